The first-order valence-electron chi connectivity index (χ1n) is 28.1. The summed E-state index contributed by atoms with van der Waals surface area (Å²) in [6.45, 7) is 40.5. The Morgan fingerprint density at radius 3 is 2.35 bits per heavy atom. The zero-order chi connectivity index (χ0) is 54.2. The topological polar surface area (TPSA) is 67.7 Å². The first-order valence-corrected chi connectivity index (χ1v) is 28.9. The number of likely N-dealkylation sites (tertiary alicyclic amines) is 1. The fraction of sp³-hybridized carbons (Fsp3) is 0.343. The Kier molecular flexibility index (Phi) is 15.1. The first kappa shape index (κ1) is 52.8. The van der Waals surface area contributed by atoms with E-state index in [4.69, 9.17) is 9.97 Å². The molecule has 7 aromatic rings. The van der Waals surface area contributed by atoms with Crippen LogP contribution in [-0.4, -0.2) is 83.7 Å². The predicted molar refractivity (Wildman–Crippen MR) is 329 cm³/mol. The van der Waals surface area contributed by atoms with Crippen LogP contribution >= 0.6 is 11.3 Å². The number of hydrogen-bond acceptors (Lipinski definition) is 9. The van der Waals surface area contributed by atoms with Crippen LogP contribution in [0.5, 0.6) is 0 Å². The number of fused-ring (bicyclic) bond motifs is 3. The fourth-order valence-corrected chi connectivity index (χ4v) is 14.2. The second kappa shape index (κ2) is 22.3. The number of aryl methyl sites for hydroxylation is 1. The maximum atomic E-state index is 15.9. The lowest BCUT2D eigenvalue weighted by Gasteiger charge is -2.53. The Hall–Kier alpha value is -7.21. The quantitative estimate of drug-likeness (QED) is 0.0777. The van der Waals surface area contributed by atoms with Crippen molar-refractivity contribution in [2.45, 2.75) is 77.3 Å². The van der Waals surface area contributed by atoms with E-state index in [1.54, 1.807) is 17.4 Å². The van der Waals surface area contributed by atoms with Gasteiger partial charge in [0.05, 0.1) is 27.6 Å². The van der Waals surface area contributed by atoms with Crippen LogP contribution in [0.1, 0.15) is 84.5 Å². The van der Waals surface area contributed by atoms with Gasteiger partial charge in [-0.05, 0) is 159 Å². The maximum Gasteiger partial charge on any atom is 0.188 e. The number of benzene rings is 4. The predicted octanol–water partition coefficient (Wildman–Crippen LogP) is 12.9. The number of halogens is 1. The fourth-order valence-electron chi connectivity index (χ4n) is 13.3. The van der Waals surface area contributed by atoms with Gasteiger partial charge in [-0.1, -0.05) is 105 Å². The number of nitrogens with zero attached hydrogens (tertiary/aromatic N) is 7. The number of aromatic nitrogens is 3. The summed E-state index contributed by atoms with van der Waals surface area (Å²) in [5.41, 5.74) is 14.9. The molecule has 4 aromatic carbocycles. The molecule has 3 aromatic heterocycles. The molecule has 2 N–H and O–H groups in total. The highest BCUT2D eigenvalue weighted by molar-refractivity contribution is 7.22. The molecular weight excluding hydrogens is 982 g/mol. The average Bonchev–Trinajstić information content (AvgIpc) is 4.14. The molecule has 3 fully saturated rings. The minimum absolute atomic E-state index is 0.0122. The molecule has 0 radical (unpaired) electrons. The maximum absolute atomic E-state index is 15.9. The first-order chi connectivity index (χ1) is 37.8. The number of thiazole rings is 1. The van der Waals surface area contributed by atoms with E-state index in [1.165, 1.54) is 65.6 Å². The Labute approximate surface area is 465 Å². The van der Waals surface area contributed by atoms with Crippen LogP contribution in [0.25, 0.3) is 57.0 Å². The SMILES string of the molecule is C=Cc1nc(N2CCc3cccc(C(=C)Nc4nc5ccccc5s4)c3C2)ccc1-c1cccc(CCC2CC3(CCN(CC(=C)N4CCN(c5cc6c(=C)n(C(C=C)CCC(=C)NC)c(=C)c6cc5F)CC4)CC3)C2)c1C. The summed E-state index contributed by atoms with van der Waals surface area (Å²) in [6.07, 6.45) is 13.9. The van der Waals surface area contributed by atoms with Gasteiger partial charge in [0, 0.05) is 103 Å². The van der Waals surface area contributed by atoms with Crippen molar-refractivity contribution in [1.82, 2.24) is 29.7 Å². The minimum Gasteiger partial charge on any atom is -0.392 e. The Morgan fingerprint density at radius 2 is 1.60 bits per heavy atom. The molecular formula is C67H76FN9S. The highest BCUT2D eigenvalue weighted by atomic mass is 32.1. The van der Waals surface area contributed by atoms with Crippen LogP contribution in [0.3, 0.4) is 0 Å². The van der Waals surface area contributed by atoms with Gasteiger partial charge in [-0.3, -0.25) is 4.90 Å². The molecule has 1 saturated carbocycles. The van der Waals surface area contributed by atoms with E-state index in [0.717, 1.165) is 161 Å². The van der Waals surface area contributed by atoms with E-state index >= 15 is 4.39 Å². The molecule has 1 unspecified atom stereocenters. The van der Waals surface area contributed by atoms with Gasteiger partial charge >= 0.3 is 0 Å². The van der Waals surface area contributed by atoms with Crippen LogP contribution in [0.15, 0.2) is 135 Å². The van der Waals surface area contributed by atoms with Crippen molar-refractivity contribution in [3.63, 3.8) is 0 Å². The van der Waals surface area contributed by atoms with Crippen LogP contribution in [0, 0.1) is 24.1 Å². The summed E-state index contributed by atoms with van der Waals surface area (Å²) in [6, 6.07) is 29.7. The van der Waals surface area contributed by atoms with Crippen molar-refractivity contribution >= 4 is 73.9 Å². The Bertz CT molecular complexity index is 3530. The van der Waals surface area contributed by atoms with E-state index < -0.39 is 0 Å². The normalized spacial score (nSPS) is 17.0. The molecule has 2 saturated heterocycles. The second-order valence-corrected chi connectivity index (χ2v) is 23.6. The van der Waals surface area contributed by atoms with Crippen LogP contribution in [-0.2, 0) is 19.4 Å². The van der Waals surface area contributed by atoms with E-state index in [1.807, 2.05) is 37.4 Å². The van der Waals surface area contributed by atoms with Crippen LogP contribution in [0.2, 0.25) is 0 Å². The lowest BCUT2D eigenvalue weighted by molar-refractivity contribution is -0.0150. The number of rotatable bonds is 19. The summed E-state index contributed by atoms with van der Waals surface area (Å²) < 4.78 is 19.2. The average molecular weight is 1060 g/mol. The second-order valence-electron chi connectivity index (χ2n) is 22.5. The van der Waals surface area contributed by atoms with Crippen molar-refractivity contribution in [2.75, 3.05) is 74.5 Å². The molecule has 0 amide bonds. The van der Waals surface area contributed by atoms with E-state index in [0.29, 0.717) is 11.1 Å². The molecule has 1 atom stereocenters. The number of pyridine rings is 1. The molecule has 0 bridgehead atoms. The molecule has 402 valence electrons. The van der Waals surface area contributed by atoms with Crippen LogP contribution in [0.4, 0.5) is 21.0 Å². The lowest BCUT2D eigenvalue weighted by atomic mass is 9.56. The lowest BCUT2D eigenvalue weighted by Crippen LogP contribution is -2.50. The van der Waals surface area contributed by atoms with Gasteiger partial charge in [0.2, 0.25) is 0 Å². The molecule has 1 spiro atoms. The molecule has 78 heavy (non-hydrogen) atoms. The number of hydrogen-bond donors (Lipinski definition) is 2. The third kappa shape index (κ3) is 10.5. The van der Waals surface area contributed by atoms with Gasteiger partial charge in [0.1, 0.15) is 11.6 Å². The summed E-state index contributed by atoms with van der Waals surface area (Å²) in [7, 11) is 1.89. The van der Waals surface area contributed by atoms with E-state index in [2.05, 4.69) is 148 Å². The number of piperidine rings is 1. The van der Waals surface area contributed by atoms with E-state index in [-0.39, 0.29) is 11.9 Å². The van der Waals surface area contributed by atoms with Crippen LogP contribution < -0.4 is 31.1 Å². The number of allylic oxidation sites excluding steroid dienone is 2. The third-order valence-electron chi connectivity index (χ3n) is 18.0. The zero-order valence-electron chi connectivity index (χ0n) is 46.0. The minimum atomic E-state index is -0.215. The Morgan fingerprint density at radius 1 is 0.846 bits per heavy atom. The van der Waals surface area contributed by atoms with Crippen molar-refractivity contribution in [3.8, 4) is 11.1 Å². The molecule has 3 aliphatic heterocycles. The smallest absolute Gasteiger partial charge is 0.188 e. The Balaban J connectivity index is 0.649. The molecule has 11 heteroatoms. The van der Waals surface area contributed by atoms with Gasteiger partial charge in [0.25, 0.3) is 0 Å². The summed E-state index contributed by atoms with van der Waals surface area (Å²) in [4.78, 5) is 19.7. The molecule has 4 aliphatic rings. The number of nitrogens with one attached hydrogen (secondary N) is 2. The van der Waals surface area contributed by atoms with Gasteiger partial charge < -0.3 is 29.9 Å². The highest BCUT2D eigenvalue weighted by Crippen LogP contribution is 2.54. The highest BCUT2D eigenvalue weighted by Gasteiger charge is 2.45. The van der Waals surface area contributed by atoms with Crippen molar-refractivity contribution < 1.29 is 4.39 Å². The number of anilines is 3. The third-order valence-corrected chi connectivity index (χ3v) is 18.9. The number of para-hydroxylation sites is 1. The molecule has 6 heterocycles. The zero-order valence-corrected chi connectivity index (χ0v) is 46.8. The van der Waals surface area contributed by atoms with Crippen molar-refractivity contribution in [3.05, 3.63) is 185 Å². The molecule has 9 nitrogen and oxygen atoms in total. The molecule has 11 rings (SSSR count). The van der Waals surface area contributed by atoms with Crippen molar-refractivity contribution in [1.29, 1.82) is 0 Å². The number of piperazine rings is 1. The van der Waals surface area contributed by atoms with Gasteiger partial charge in [-0.15, -0.1) is 6.58 Å². The van der Waals surface area contributed by atoms with Gasteiger partial charge in [-0.25, -0.2) is 14.4 Å². The summed E-state index contributed by atoms with van der Waals surface area (Å²) >= 11 is 1.65. The molecule has 1 aliphatic carbocycles. The largest absolute Gasteiger partial charge is 0.392 e. The van der Waals surface area contributed by atoms with Gasteiger partial charge in [-0.2, -0.15) is 0 Å². The standard InChI is InChI=1S/C67H76FN9S/c1-10-53(25-22-44(3)69-9)77-48(7)57-38-60(68)63(39-58(57)49(77)8)75-36-34-74(35-37-75)45(4)42-73-32-29-67(30-33-73)40-50(41-67)23-24-51-16-14-18-54(46(51)5)56-26-27-65(71-61(56)11-2)76-31-28-52-17-15-19-55(59(52)43-76)47(6)70-66-72-62-20-12-13-21-64(62)78-66/h10-21,26-27,38-39,50,53,69H,1-4,6-8,22-25,28-37,40-43H2,5,9H3,(H,70,72). The monoisotopic (exact) mass is 1060 g/mol. The van der Waals surface area contributed by atoms with Crippen molar-refractivity contribution in [2.24, 2.45) is 11.3 Å². The summed E-state index contributed by atoms with van der Waals surface area (Å²) in [5, 5.41) is 10.9. The van der Waals surface area contributed by atoms with E-state index in [9.17, 15) is 0 Å². The van der Waals surface area contributed by atoms with Gasteiger partial charge in [0.15, 0.2) is 5.13 Å². The summed E-state index contributed by atoms with van der Waals surface area (Å²) in [5.74, 6) is 1.53.